The van der Waals surface area contributed by atoms with Crippen LogP contribution in [0.3, 0.4) is 0 Å². The van der Waals surface area contributed by atoms with Crippen molar-refractivity contribution in [3.63, 3.8) is 0 Å². The molecule has 0 aromatic heterocycles. The van der Waals surface area contributed by atoms with Gasteiger partial charge in [0.1, 0.15) is 0 Å². The van der Waals surface area contributed by atoms with Crippen LogP contribution < -0.4 is 0 Å². The summed E-state index contributed by atoms with van der Waals surface area (Å²) >= 11 is 0. The molecular weight excluding hydrogens is 214 g/mol. The summed E-state index contributed by atoms with van der Waals surface area (Å²) < 4.78 is 5.47. The first-order valence-corrected chi connectivity index (χ1v) is 7.27. The van der Waals surface area contributed by atoms with Gasteiger partial charge in [0, 0.05) is 19.2 Å². The van der Waals surface area contributed by atoms with E-state index in [1.807, 2.05) is 0 Å². The monoisotopic (exact) mass is 243 g/mol. The number of ether oxygens (including phenoxy) is 1. The van der Waals surface area contributed by atoms with Crippen LogP contribution in [0, 0.1) is 0 Å². The number of aliphatic hydroxyl groups excluding tert-OH is 1. The third-order valence-electron chi connectivity index (χ3n) is 3.64. The number of hydrogen-bond donors (Lipinski definition) is 1. The van der Waals surface area contributed by atoms with Gasteiger partial charge in [-0.25, -0.2) is 0 Å². The van der Waals surface area contributed by atoms with E-state index in [1.54, 1.807) is 0 Å². The van der Waals surface area contributed by atoms with E-state index < -0.39 is 0 Å². The van der Waals surface area contributed by atoms with E-state index in [-0.39, 0.29) is 6.10 Å². The van der Waals surface area contributed by atoms with Gasteiger partial charge >= 0.3 is 0 Å². The summed E-state index contributed by atoms with van der Waals surface area (Å²) in [5, 5.41) is 9.94. The molecule has 1 aliphatic carbocycles. The Morgan fingerprint density at radius 2 is 2.00 bits per heavy atom. The summed E-state index contributed by atoms with van der Waals surface area (Å²) in [7, 11) is 0. The predicted molar refractivity (Wildman–Crippen MR) is 71.2 cm³/mol. The number of unbranched alkanes of at least 4 members (excludes halogenated alkanes) is 1. The Bertz CT molecular complexity index is 181. The van der Waals surface area contributed by atoms with Crippen molar-refractivity contribution in [2.24, 2.45) is 0 Å². The third-order valence-corrected chi connectivity index (χ3v) is 3.64. The van der Waals surface area contributed by atoms with Gasteiger partial charge in [0.2, 0.25) is 0 Å². The molecule has 1 atom stereocenters. The molecule has 1 aliphatic rings. The van der Waals surface area contributed by atoms with Gasteiger partial charge in [-0.05, 0) is 25.8 Å². The Hall–Kier alpha value is -0.120. The highest BCUT2D eigenvalue weighted by molar-refractivity contribution is 4.78. The molecule has 0 heterocycles. The van der Waals surface area contributed by atoms with Crippen molar-refractivity contribution in [3.8, 4) is 0 Å². The van der Waals surface area contributed by atoms with Gasteiger partial charge in [-0.1, -0.05) is 33.1 Å². The van der Waals surface area contributed by atoms with Crippen LogP contribution in [0.15, 0.2) is 0 Å². The highest BCUT2D eigenvalue weighted by Crippen LogP contribution is 2.23. The second-order valence-electron chi connectivity index (χ2n) is 5.11. The largest absolute Gasteiger partial charge is 0.389 e. The van der Waals surface area contributed by atoms with Crippen LogP contribution in [0.1, 0.15) is 52.4 Å². The lowest BCUT2D eigenvalue weighted by molar-refractivity contribution is 0.00921. The van der Waals surface area contributed by atoms with Crippen molar-refractivity contribution >= 4 is 0 Å². The number of hydrogen-bond acceptors (Lipinski definition) is 3. The van der Waals surface area contributed by atoms with Crippen LogP contribution >= 0.6 is 0 Å². The van der Waals surface area contributed by atoms with Gasteiger partial charge in [0.15, 0.2) is 0 Å². The van der Waals surface area contributed by atoms with E-state index in [9.17, 15) is 5.11 Å². The van der Waals surface area contributed by atoms with Crippen LogP contribution in [-0.4, -0.2) is 48.5 Å². The molecule has 1 rings (SSSR count). The molecule has 3 heteroatoms. The number of aliphatic hydroxyl groups is 1. The smallest absolute Gasteiger partial charge is 0.0900 e. The van der Waals surface area contributed by atoms with Crippen molar-refractivity contribution in [3.05, 3.63) is 0 Å². The summed E-state index contributed by atoms with van der Waals surface area (Å²) in [6, 6.07) is 0.699. The van der Waals surface area contributed by atoms with Gasteiger partial charge in [-0.2, -0.15) is 0 Å². The van der Waals surface area contributed by atoms with E-state index in [1.165, 1.54) is 25.7 Å². The van der Waals surface area contributed by atoms with Gasteiger partial charge < -0.3 is 9.84 Å². The fourth-order valence-corrected chi connectivity index (χ4v) is 2.59. The minimum atomic E-state index is -0.326. The predicted octanol–water partition coefficient (Wildman–Crippen LogP) is 2.43. The third kappa shape index (κ3) is 5.84. The maximum atomic E-state index is 9.94. The molecule has 0 saturated heterocycles. The van der Waals surface area contributed by atoms with E-state index in [0.29, 0.717) is 12.6 Å². The van der Waals surface area contributed by atoms with Gasteiger partial charge in [0.05, 0.1) is 12.7 Å². The fourth-order valence-electron chi connectivity index (χ4n) is 2.59. The summed E-state index contributed by atoms with van der Waals surface area (Å²) in [4.78, 5) is 2.42. The Labute approximate surface area is 106 Å². The molecule has 1 saturated carbocycles. The minimum Gasteiger partial charge on any atom is -0.389 e. The summed E-state index contributed by atoms with van der Waals surface area (Å²) in [6.07, 6.45) is 7.22. The number of nitrogens with zero attached hydrogens (tertiary/aromatic N) is 1. The van der Waals surface area contributed by atoms with Crippen LogP contribution in [-0.2, 0) is 4.74 Å². The van der Waals surface area contributed by atoms with Crippen molar-refractivity contribution in [2.45, 2.75) is 64.5 Å². The topological polar surface area (TPSA) is 32.7 Å². The molecule has 0 bridgehead atoms. The quantitative estimate of drug-likeness (QED) is 0.631. The fraction of sp³-hybridized carbons (Fsp3) is 1.00. The molecule has 1 N–H and O–H groups in total. The molecule has 102 valence electrons. The van der Waals surface area contributed by atoms with Crippen molar-refractivity contribution in [1.82, 2.24) is 4.90 Å². The van der Waals surface area contributed by atoms with Gasteiger partial charge in [-0.3, -0.25) is 4.90 Å². The van der Waals surface area contributed by atoms with Crippen molar-refractivity contribution in [2.75, 3.05) is 26.3 Å². The SMILES string of the molecule is CCCCOCC(O)CN(CC)C1CCCC1. The first-order chi connectivity index (χ1) is 8.27. The van der Waals surface area contributed by atoms with Gasteiger partial charge in [0.25, 0.3) is 0 Å². The zero-order valence-electron chi connectivity index (χ0n) is 11.5. The first kappa shape index (κ1) is 14.9. The molecular formula is C14H29NO2. The summed E-state index contributed by atoms with van der Waals surface area (Å²) in [5.74, 6) is 0. The second-order valence-corrected chi connectivity index (χ2v) is 5.11. The molecule has 0 radical (unpaired) electrons. The molecule has 1 fully saturated rings. The molecule has 0 amide bonds. The van der Waals surface area contributed by atoms with Crippen molar-refractivity contribution < 1.29 is 9.84 Å². The molecule has 1 unspecified atom stereocenters. The minimum absolute atomic E-state index is 0.326. The van der Waals surface area contributed by atoms with E-state index >= 15 is 0 Å². The average Bonchev–Trinajstić information content (AvgIpc) is 2.85. The maximum absolute atomic E-state index is 9.94. The lowest BCUT2D eigenvalue weighted by Gasteiger charge is -2.29. The number of likely N-dealkylation sites (N-methyl/N-ethyl adjacent to an activating group) is 1. The summed E-state index contributed by atoms with van der Waals surface area (Å²) in [5.41, 5.74) is 0. The summed E-state index contributed by atoms with van der Waals surface area (Å²) in [6.45, 7) is 7.41. The van der Waals surface area contributed by atoms with E-state index in [4.69, 9.17) is 4.74 Å². The lowest BCUT2D eigenvalue weighted by atomic mass is 10.2. The number of rotatable bonds is 9. The molecule has 3 nitrogen and oxygen atoms in total. The Morgan fingerprint density at radius 3 is 2.59 bits per heavy atom. The van der Waals surface area contributed by atoms with Crippen LogP contribution in [0.25, 0.3) is 0 Å². The average molecular weight is 243 g/mol. The van der Waals surface area contributed by atoms with Gasteiger partial charge in [-0.15, -0.1) is 0 Å². The maximum Gasteiger partial charge on any atom is 0.0900 e. The second kappa shape index (κ2) is 8.90. The molecule has 0 aromatic rings. The molecule has 0 spiro atoms. The van der Waals surface area contributed by atoms with Crippen LogP contribution in [0.4, 0.5) is 0 Å². The zero-order chi connectivity index (χ0) is 12.5. The molecule has 0 aliphatic heterocycles. The lowest BCUT2D eigenvalue weighted by Crippen LogP contribution is -2.40. The standard InChI is InChI=1S/C14H29NO2/c1-3-5-10-17-12-14(16)11-15(4-2)13-8-6-7-9-13/h13-14,16H,3-12H2,1-2H3. The first-order valence-electron chi connectivity index (χ1n) is 7.27. The Morgan fingerprint density at radius 1 is 1.29 bits per heavy atom. The Kier molecular flexibility index (Phi) is 7.82. The Balaban J connectivity index is 2.15. The molecule has 0 aromatic carbocycles. The van der Waals surface area contributed by atoms with Crippen LogP contribution in [0.5, 0.6) is 0 Å². The molecule has 17 heavy (non-hydrogen) atoms. The van der Waals surface area contributed by atoms with Crippen LogP contribution in [0.2, 0.25) is 0 Å². The van der Waals surface area contributed by atoms with Crippen molar-refractivity contribution in [1.29, 1.82) is 0 Å². The highest BCUT2D eigenvalue weighted by Gasteiger charge is 2.22. The zero-order valence-corrected chi connectivity index (χ0v) is 11.5. The van der Waals surface area contributed by atoms with E-state index in [2.05, 4.69) is 18.7 Å². The normalized spacial score (nSPS) is 19.1. The highest BCUT2D eigenvalue weighted by atomic mass is 16.5. The van der Waals surface area contributed by atoms with E-state index in [0.717, 1.165) is 32.5 Å².